The van der Waals surface area contributed by atoms with E-state index in [0.717, 1.165) is 18.8 Å². The third-order valence-electron chi connectivity index (χ3n) is 4.39. The van der Waals surface area contributed by atoms with Crippen LogP contribution in [0.5, 0.6) is 5.75 Å². The van der Waals surface area contributed by atoms with Crippen molar-refractivity contribution in [3.8, 4) is 5.75 Å². The summed E-state index contributed by atoms with van der Waals surface area (Å²) in [5, 5.41) is 3.30. The SMILES string of the molecule is CNC(c1c(F)cccc1OC)C1CCC(C)CC1. The molecule has 0 radical (unpaired) electrons. The molecule has 1 unspecified atom stereocenters. The van der Waals surface area contributed by atoms with E-state index in [9.17, 15) is 4.39 Å². The van der Waals surface area contributed by atoms with E-state index < -0.39 is 0 Å². The minimum atomic E-state index is -0.169. The molecule has 19 heavy (non-hydrogen) atoms. The third-order valence-corrected chi connectivity index (χ3v) is 4.39. The van der Waals surface area contributed by atoms with Crippen LogP contribution in [0.1, 0.15) is 44.2 Å². The summed E-state index contributed by atoms with van der Waals surface area (Å²) < 4.78 is 19.5. The van der Waals surface area contributed by atoms with Crippen LogP contribution in [0.25, 0.3) is 0 Å². The van der Waals surface area contributed by atoms with E-state index in [-0.39, 0.29) is 11.9 Å². The minimum Gasteiger partial charge on any atom is -0.496 e. The predicted molar refractivity (Wildman–Crippen MR) is 75.9 cm³/mol. The standard InChI is InChI=1S/C16H24FNO/c1-11-7-9-12(10-8-11)16(18-2)15-13(17)5-4-6-14(15)19-3/h4-6,11-12,16,18H,7-10H2,1-3H3. The molecule has 1 saturated carbocycles. The Morgan fingerprint density at radius 3 is 2.53 bits per heavy atom. The number of nitrogens with one attached hydrogen (secondary N) is 1. The maximum Gasteiger partial charge on any atom is 0.131 e. The van der Waals surface area contributed by atoms with Crippen molar-refractivity contribution < 1.29 is 9.13 Å². The predicted octanol–water partition coefficient (Wildman–Crippen LogP) is 3.92. The molecule has 1 aromatic carbocycles. The molecular weight excluding hydrogens is 241 g/mol. The highest BCUT2D eigenvalue weighted by Gasteiger charge is 2.29. The van der Waals surface area contributed by atoms with Crippen LogP contribution in [-0.2, 0) is 0 Å². The Morgan fingerprint density at radius 2 is 1.95 bits per heavy atom. The Labute approximate surface area is 115 Å². The number of hydrogen-bond donors (Lipinski definition) is 1. The second kappa shape index (κ2) is 6.38. The summed E-state index contributed by atoms with van der Waals surface area (Å²) in [6.07, 6.45) is 4.79. The van der Waals surface area contributed by atoms with E-state index in [2.05, 4.69) is 12.2 Å². The van der Waals surface area contributed by atoms with Gasteiger partial charge in [-0.25, -0.2) is 4.39 Å². The lowest BCUT2D eigenvalue weighted by Gasteiger charge is -2.33. The molecule has 0 bridgehead atoms. The summed E-state index contributed by atoms with van der Waals surface area (Å²) in [6, 6.07) is 5.11. The molecule has 1 atom stereocenters. The second-order valence-corrected chi connectivity index (χ2v) is 5.64. The van der Waals surface area contributed by atoms with Gasteiger partial charge in [-0.3, -0.25) is 0 Å². The van der Waals surface area contributed by atoms with E-state index in [4.69, 9.17) is 4.74 Å². The molecule has 2 nitrogen and oxygen atoms in total. The van der Waals surface area contributed by atoms with Crippen molar-refractivity contribution in [1.29, 1.82) is 0 Å². The fourth-order valence-electron chi connectivity index (χ4n) is 3.23. The van der Waals surface area contributed by atoms with E-state index in [0.29, 0.717) is 17.2 Å². The summed E-state index contributed by atoms with van der Waals surface area (Å²) in [5.41, 5.74) is 0.687. The maximum absolute atomic E-state index is 14.2. The molecule has 1 aliphatic carbocycles. The first-order valence-electron chi connectivity index (χ1n) is 7.17. The number of ether oxygens (including phenoxy) is 1. The first-order valence-corrected chi connectivity index (χ1v) is 7.17. The first kappa shape index (κ1) is 14.3. The van der Waals surface area contributed by atoms with Gasteiger partial charge in [0.05, 0.1) is 7.11 Å². The van der Waals surface area contributed by atoms with Crippen molar-refractivity contribution in [3.05, 3.63) is 29.6 Å². The van der Waals surface area contributed by atoms with Gasteiger partial charge in [-0.1, -0.05) is 25.8 Å². The molecule has 1 N–H and O–H groups in total. The van der Waals surface area contributed by atoms with Crippen molar-refractivity contribution in [1.82, 2.24) is 5.32 Å². The Kier molecular flexibility index (Phi) is 4.81. The molecule has 0 aromatic heterocycles. The normalized spacial score (nSPS) is 25.1. The largest absolute Gasteiger partial charge is 0.496 e. The lowest BCUT2D eigenvalue weighted by atomic mass is 9.77. The Morgan fingerprint density at radius 1 is 1.26 bits per heavy atom. The van der Waals surface area contributed by atoms with Gasteiger partial charge in [0.2, 0.25) is 0 Å². The lowest BCUT2D eigenvalue weighted by Crippen LogP contribution is -2.29. The lowest BCUT2D eigenvalue weighted by molar-refractivity contribution is 0.231. The molecule has 0 amide bonds. The average molecular weight is 265 g/mol. The summed E-state index contributed by atoms with van der Waals surface area (Å²) in [5.74, 6) is 1.78. The van der Waals surface area contributed by atoms with Crippen molar-refractivity contribution in [2.75, 3.05) is 14.2 Å². The van der Waals surface area contributed by atoms with Gasteiger partial charge in [0, 0.05) is 11.6 Å². The molecule has 0 heterocycles. The van der Waals surface area contributed by atoms with Crippen LogP contribution in [-0.4, -0.2) is 14.2 Å². The summed E-state index contributed by atoms with van der Waals surface area (Å²) in [6.45, 7) is 2.30. The van der Waals surface area contributed by atoms with Gasteiger partial charge in [-0.2, -0.15) is 0 Å². The fourth-order valence-corrected chi connectivity index (χ4v) is 3.23. The van der Waals surface area contributed by atoms with Gasteiger partial charge < -0.3 is 10.1 Å². The van der Waals surface area contributed by atoms with Crippen LogP contribution in [0.15, 0.2) is 18.2 Å². The van der Waals surface area contributed by atoms with E-state index in [1.54, 1.807) is 13.2 Å². The van der Waals surface area contributed by atoms with Crippen LogP contribution in [0.4, 0.5) is 4.39 Å². The average Bonchev–Trinajstić information content (AvgIpc) is 2.43. The summed E-state index contributed by atoms with van der Waals surface area (Å²) in [4.78, 5) is 0. The van der Waals surface area contributed by atoms with Gasteiger partial charge in [-0.05, 0) is 43.9 Å². The van der Waals surface area contributed by atoms with Crippen LogP contribution in [0.3, 0.4) is 0 Å². The van der Waals surface area contributed by atoms with Crippen LogP contribution in [0.2, 0.25) is 0 Å². The molecule has 106 valence electrons. The molecule has 1 fully saturated rings. The van der Waals surface area contributed by atoms with Crippen molar-refractivity contribution in [2.45, 2.75) is 38.6 Å². The Bertz CT molecular complexity index is 413. The highest BCUT2D eigenvalue weighted by molar-refractivity contribution is 5.37. The monoisotopic (exact) mass is 265 g/mol. The quantitative estimate of drug-likeness (QED) is 0.891. The maximum atomic E-state index is 14.2. The number of hydrogen-bond acceptors (Lipinski definition) is 2. The molecule has 1 aliphatic rings. The Balaban J connectivity index is 2.26. The van der Waals surface area contributed by atoms with Gasteiger partial charge in [-0.15, -0.1) is 0 Å². The van der Waals surface area contributed by atoms with Crippen molar-refractivity contribution in [3.63, 3.8) is 0 Å². The zero-order valence-electron chi connectivity index (χ0n) is 12.1. The number of rotatable bonds is 4. The minimum absolute atomic E-state index is 0.0450. The molecule has 3 heteroatoms. The Hall–Kier alpha value is -1.09. The fraction of sp³-hybridized carbons (Fsp3) is 0.625. The van der Waals surface area contributed by atoms with Crippen molar-refractivity contribution in [2.24, 2.45) is 11.8 Å². The van der Waals surface area contributed by atoms with Crippen LogP contribution < -0.4 is 10.1 Å². The smallest absolute Gasteiger partial charge is 0.131 e. The topological polar surface area (TPSA) is 21.3 Å². The molecule has 2 rings (SSSR count). The molecule has 0 spiro atoms. The first-order chi connectivity index (χ1) is 9.17. The van der Waals surface area contributed by atoms with Crippen LogP contribution in [0, 0.1) is 17.7 Å². The van der Waals surface area contributed by atoms with Crippen LogP contribution >= 0.6 is 0 Å². The molecule has 1 aromatic rings. The molecule has 0 saturated heterocycles. The zero-order chi connectivity index (χ0) is 13.8. The van der Waals surface area contributed by atoms with Crippen molar-refractivity contribution >= 4 is 0 Å². The summed E-state index contributed by atoms with van der Waals surface area (Å²) in [7, 11) is 3.52. The molecular formula is C16H24FNO. The summed E-state index contributed by atoms with van der Waals surface area (Å²) >= 11 is 0. The zero-order valence-corrected chi connectivity index (χ0v) is 12.1. The van der Waals surface area contributed by atoms with E-state index in [1.165, 1.54) is 18.9 Å². The van der Waals surface area contributed by atoms with Gasteiger partial charge in [0.1, 0.15) is 11.6 Å². The van der Waals surface area contributed by atoms with Gasteiger partial charge in [0.15, 0.2) is 0 Å². The van der Waals surface area contributed by atoms with Gasteiger partial charge >= 0.3 is 0 Å². The van der Waals surface area contributed by atoms with E-state index >= 15 is 0 Å². The highest BCUT2D eigenvalue weighted by atomic mass is 19.1. The van der Waals surface area contributed by atoms with E-state index in [1.807, 2.05) is 13.1 Å². The highest BCUT2D eigenvalue weighted by Crippen LogP contribution is 2.40. The molecule has 0 aliphatic heterocycles. The number of halogens is 1. The number of methoxy groups -OCH3 is 1. The van der Waals surface area contributed by atoms with Gasteiger partial charge in [0.25, 0.3) is 0 Å². The second-order valence-electron chi connectivity index (χ2n) is 5.64. The number of benzene rings is 1. The third kappa shape index (κ3) is 3.08.